The molecule has 6 nitrogen and oxygen atoms in total. The van der Waals surface area contributed by atoms with Gasteiger partial charge in [-0.1, -0.05) is 5.21 Å². The average Bonchev–Trinajstić information content (AvgIpc) is 2.62. The maximum Gasteiger partial charge on any atom is 0.141 e. The number of aromatic nitrogens is 5. The molecule has 2 N–H and O–H groups in total. The van der Waals surface area contributed by atoms with Crippen molar-refractivity contribution in [1.29, 1.82) is 0 Å². The van der Waals surface area contributed by atoms with E-state index in [0.717, 1.165) is 5.69 Å². The Hall–Kier alpha value is -1.85. The van der Waals surface area contributed by atoms with Crippen LogP contribution in [0.4, 0.5) is 5.82 Å². The summed E-state index contributed by atoms with van der Waals surface area (Å²) in [6.45, 7) is 0.651. The van der Waals surface area contributed by atoms with Crippen LogP contribution in [-0.4, -0.2) is 24.5 Å². The molecule has 0 aliphatic rings. The monoisotopic (exact) mass is 178 g/mol. The van der Waals surface area contributed by atoms with Gasteiger partial charge in [0.25, 0.3) is 0 Å². The molecule has 13 heavy (non-hydrogen) atoms. The molecular formula is C7H10N6. The molecule has 0 spiro atoms. The Morgan fingerprint density at radius 1 is 1.46 bits per heavy atom. The first-order chi connectivity index (χ1) is 6.24. The van der Waals surface area contributed by atoms with Crippen molar-refractivity contribution >= 4 is 5.82 Å². The van der Waals surface area contributed by atoms with E-state index in [1.165, 1.54) is 0 Å². The molecular weight excluding hydrogens is 168 g/mol. The quantitative estimate of drug-likeness (QED) is 0.681. The Morgan fingerprint density at radius 3 is 2.85 bits per heavy atom. The summed E-state index contributed by atoms with van der Waals surface area (Å²) in [6.07, 6.45) is 5.29. The van der Waals surface area contributed by atoms with Crippen molar-refractivity contribution in [1.82, 2.24) is 24.5 Å². The summed E-state index contributed by atoms with van der Waals surface area (Å²) in [7, 11) is 1.83. The Balaban J connectivity index is 2.14. The van der Waals surface area contributed by atoms with E-state index in [4.69, 9.17) is 5.73 Å². The maximum absolute atomic E-state index is 5.46. The molecule has 2 aromatic heterocycles. The van der Waals surface area contributed by atoms with Crippen LogP contribution < -0.4 is 5.73 Å². The number of imidazole rings is 1. The van der Waals surface area contributed by atoms with Gasteiger partial charge in [0.2, 0.25) is 0 Å². The number of aryl methyl sites for hydroxylation is 1. The third-order valence-electron chi connectivity index (χ3n) is 1.65. The van der Waals surface area contributed by atoms with Crippen LogP contribution in [-0.2, 0) is 13.6 Å². The molecule has 0 bridgehead atoms. The van der Waals surface area contributed by atoms with Crippen LogP contribution in [0.15, 0.2) is 18.7 Å². The van der Waals surface area contributed by atoms with Crippen LogP contribution in [0.1, 0.15) is 5.69 Å². The van der Waals surface area contributed by atoms with Gasteiger partial charge in [0.05, 0.1) is 12.9 Å². The molecule has 0 atom stereocenters. The minimum absolute atomic E-state index is 0.517. The van der Waals surface area contributed by atoms with Crippen LogP contribution in [0.25, 0.3) is 0 Å². The normalized spacial score (nSPS) is 10.5. The first-order valence-electron chi connectivity index (χ1n) is 3.86. The van der Waals surface area contributed by atoms with E-state index in [0.29, 0.717) is 12.4 Å². The largest absolute Gasteiger partial charge is 0.382 e. The number of nitrogens with zero attached hydrogens (tertiary/aromatic N) is 5. The summed E-state index contributed by atoms with van der Waals surface area (Å²) in [5.41, 5.74) is 6.35. The summed E-state index contributed by atoms with van der Waals surface area (Å²) in [5.74, 6) is 0.517. The lowest BCUT2D eigenvalue weighted by atomic mass is 10.5. The first kappa shape index (κ1) is 7.78. The van der Waals surface area contributed by atoms with Crippen molar-refractivity contribution < 1.29 is 0 Å². The molecule has 2 heterocycles. The Morgan fingerprint density at radius 2 is 2.31 bits per heavy atom. The third-order valence-corrected chi connectivity index (χ3v) is 1.65. The number of hydrogen-bond acceptors (Lipinski definition) is 4. The molecule has 0 fully saturated rings. The van der Waals surface area contributed by atoms with Crippen LogP contribution in [0.5, 0.6) is 0 Å². The SMILES string of the molecule is Cn1cc(Cn2cnc(N)c2)nn1. The molecule has 2 rings (SSSR count). The van der Waals surface area contributed by atoms with Crippen molar-refractivity contribution in [2.24, 2.45) is 7.05 Å². The van der Waals surface area contributed by atoms with Gasteiger partial charge in [-0.15, -0.1) is 5.10 Å². The van der Waals surface area contributed by atoms with Gasteiger partial charge >= 0.3 is 0 Å². The van der Waals surface area contributed by atoms with Crippen molar-refractivity contribution in [3.8, 4) is 0 Å². The molecule has 0 saturated heterocycles. The number of rotatable bonds is 2. The van der Waals surface area contributed by atoms with E-state index in [2.05, 4.69) is 15.3 Å². The molecule has 2 aromatic rings. The fraction of sp³-hybridized carbons (Fsp3) is 0.286. The Labute approximate surface area is 75.0 Å². The van der Waals surface area contributed by atoms with E-state index in [1.807, 2.05) is 17.8 Å². The summed E-state index contributed by atoms with van der Waals surface area (Å²) in [6, 6.07) is 0. The lowest BCUT2D eigenvalue weighted by Crippen LogP contribution is -1.96. The molecule has 0 aliphatic heterocycles. The molecule has 68 valence electrons. The van der Waals surface area contributed by atoms with Crippen molar-refractivity contribution in [2.45, 2.75) is 6.54 Å². The van der Waals surface area contributed by atoms with Gasteiger partial charge < -0.3 is 10.3 Å². The first-order valence-corrected chi connectivity index (χ1v) is 3.86. The van der Waals surface area contributed by atoms with E-state index in [1.54, 1.807) is 17.2 Å². The summed E-state index contributed by atoms with van der Waals surface area (Å²) >= 11 is 0. The Kier molecular flexibility index (Phi) is 1.73. The van der Waals surface area contributed by atoms with Gasteiger partial charge in [0.1, 0.15) is 11.5 Å². The molecule has 0 saturated carbocycles. The fourth-order valence-corrected chi connectivity index (χ4v) is 1.12. The van der Waals surface area contributed by atoms with Crippen LogP contribution in [0, 0.1) is 0 Å². The fourth-order valence-electron chi connectivity index (χ4n) is 1.12. The van der Waals surface area contributed by atoms with Crippen molar-refractivity contribution in [3.63, 3.8) is 0 Å². The highest BCUT2D eigenvalue weighted by Gasteiger charge is 1.99. The number of nitrogen functional groups attached to an aromatic ring is 1. The van der Waals surface area contributed by atoms with Gasteiger partial charge in [-0.3, -0.25) is 4.68 Å². The maximum atomic E-state index is 5.46. The van der Waals surface area contributed by atoms with E-state index in [-0.39, 0.29) is 0 Å². The van der Waals surface area contributed by atoms with Gasteiger partial charge in [0.15, 0.2) is 0 Å². The zero-order valence-corrected chi connectivity index (χ0v) is 7.25. The highest BCUT2D eigenvalue weighted by Crippen LogP contribution is 2.00. The predicted octanol–water partition coefficient (Wildman–Crippen LogP) is -0.358. The highest BCUT2D eigenvalue weighted by molar-refractivity contribution is 5.22. The van der Waals surface area contributed by atoms with E-state index in [9.17, 15) is 0 Å². The van der Waals surface area contributed by atoms with Gasteiger partial charge in [-0.25, -0.2) is 4.98 Å². The highest BCUT2D eigenvalue weighted by atomic mass is 15.4. The van der Waals surface area contributed by atoms with Gasteiger partial charge in [0, 0.05) is 19.4 Å². The molecule has 0 aliphatic carbocycles. The van der Waals surface area contributed by atoms with Crippen molar-refractivity contribution in [3.05, 3.63) is 24.4 Å². The second kappa shape index (κ2) is 2.89. The standard InChI is InChI=1S/C7H10N6/c1-12-2-6(10-11-12)3-13-4-7(8)9-5-13/h2,4-5H,3,8H2,1H3. The van der Waals surface area contributed by atoms with Gasteiger partial charge in [-0.05, 0) is 0 Å². The summed E-state index contributed by atoms with van der Waals surface area (Å²) < 4.78 is 3.52. The van der Waals surface area contributed by atoms with Crippen LogP contribution >= 0.6 is 0 Å². The lowest BCUT2D eigenvalue weighted by Gasteiger charge is -1.94. The van der Waals surface area contributed by atoms with E-state index >= 15 is 0 Å². The summed E-state index contributed by atoms with van der Waals surface area (Å²) in [4.78, 5) is 3.91. The Bertz CT molecular complexity index is 362. The van der Waals surface area contributed by atoms with Crippen molar-refractivity contribution in [2.75, 3.05) is 5.73 Å². The number of hydrogen-bond donors (Lipinski definition) is 1. The number of nitrogens with two attached hydrogens (primary N) is 1. The third kappa shape index (κ3) is 1.66. The lowest BCUT2D eigenvalue weighted by molar-refractivity contribution is 0.709. The zero-order valence-electron chi connectivity index (χ0n) is 7.25. The van der Waals surface area contributed by atoms with Crippen LogP contribution in [0.3, 0.4) is 0 Å². The minimum atomic E-state index is 0.517. The van der Waals surface area contributed by atoms with Crippen LogP contribution in [0.2, 0.25) is 0 Å². The van der Waals surface area contributed by atoms with Gasteiger partial charge in [-0.2, -0.15) is 0 Å². The topological polar surface area (TPSA) is 74.5 Å². The second-order valence-electron chi connectivity index (χ2n) is 2.85. The second-order valence-corrected chi connectivity index (χ2v) is 2.85. The number of anilines is 1. The molecule has 0 amide bonds. The molecule has 6 heteroatoms. The molecule has 0 aromatic carbocycles. The zero-order chi connectivity index (χ0) is 9.26. The average molecular weight is 178 g/mol. The smallest absolute Gasteiger partial charge is 0.141 e. The predicted molar refractivity (Wildman–Crippen MR) is 46.7 cm³/mol. The molecule has 0 radical (unpaired) electrons. The summed E-state index contributed by atoms with van der Waals surface area (Å²) in [5, 5.41) is 7.77. The molecule has 0 unspecified atom stereocenters. The van der Waals surface area contributed by atoms with E-state index < -0.39 is 0 Å². The minimum Gasteiger partial charge on any atom is -0.382 e.